The molecule has 2 aromatic heterocycles. The average Bonchev–Trinajstić information content (AvgIpc) is 3.08. The molecule has 0 saturated carbocycles. The van der Waals surface area contributed by atoms with E-state index >= 15 is 0 Å². The highest BCUT2D eigenvalue weighted by atomic mass is 35.5. The molecule has 0 spiro atoms. The van der Waals surface area contributed by atoms with Crippen LogP contribution in [0.4, 0.5) is 5.95 Å². The first-order valence-corrected chi connectivity index (χ1v) is 5.95. The van der Waals surface area contributed by atoms with Gasteiger partial charge in [-0.2, -0.15) is 0 Å². The number of nitrogens with one attached hydrogen (secondary N) is 1. The Morgan fingerprint density at radius 2 is 2.21 bits per heavy atom. The molecular formula is C12H9ClN5O-. The third-order valence-electron chi connectivity index (χ3n) is 2.48. The van der Waals surface area contributed by atoms with Crippen molar-refractivity contribution in [1.82, 2.24) is 20.6 Å². The van der Waals surface area contributed by atoms with Crippen LogP contribution < -0.4 is 0 Å². The minimum atomic E-state index is 0.306. The molecule has 3 aromatic rings. The van der Waals surface area contributed by atoms with Gasteiger partial charge in [0.25, 0.3) is 0 Å². The first-order chi connectivity index (χ1) is 9.31. The standard InChI is InChI=1S/C12H9ClN5O/c13-9-3-1-2-8(6-9)11-5-4-10(19-11)7-14-12-15-17-18-16-12/h1-6H,7H2,(H-,14,15,16,17,18)/q-1. The van der Waals surface area contributed by atoms with Crippen molar-refractivity contribution in [1.29, 1.82) is 0 Å². The summed E-state index contributed by atoms with van der Waals surface area (Å²) in [5.74, 6) is 1.78. The zero-order valence-electron chi connectivity index (χ0n) is 9.75. The van der Waals surface area contributed by atoms with E-state index in [2.05, 4.69) is 25.9 Å². The number of benzene rings is 1. The molecule has 2 heterocycles. The minimum Gasteiger partial charge on any atom is -0.461 e. The van der Waals surface area contributed by atoms with Gasteiger partial charge in [0.2, 0.25) is 0 Å². The van der Waals surface area contributed by atoms with Gasteiger partial charge in [0.1, 0.15) is 11.5 Å². The number of tetrazole rings is 1. The number of aromatic nitrogens is 4. The lowest BCUT2D eigenvalue weighted by molar-refractivity contribution is 0.534. The summed E-state index contributed by atoms with van der Waals surface area (Å²) < 4.78 is 5.68. The molecule has 19 heavy (non-hydrogen) atoms. The van der Waals surface area contributed by atoms with E-state index in [1.165, 1.54) is 0 Å². The van der Waals surface area contributed by atoms with Crippen molar-refractivity contribution in [3.05, 3.63) is 52.5 Å². The average molecular weight is 275 g/mol. The fourth-order valence-corrected chi connectivity index (χ4v) is 1.82. The van der Waals surface area contributed by atoms with Crippen molar-refractivity contribution < 1.29 is 4.42 Å². The first-order valence-electron chi connectivity index (χ1n) is 5.57. The van der Waals surface area contributed by atoms with Gasteiger partial charge < -0.3 is 9.73 Å². The molecule has 7 heteroatoms. The normalized spacial score (nSPS) is 10.6. The lowest BCUT2D eigenvalue weighted by Gasteiger charge is -2.03. The summed E-state index contributed by atoms with van der Waals surface area (Å²) in [6.07, 6.45) is 0. The molecule has 0 fully saturated rings. The summed E-state index contributed by atoms with van der Waals surface area (Å²) in [4.78, 5) is 0. The van der Waals surface area contributed by atoms with E-state index in [4.69, 9.17) is 16.0 Å². The summed E-state index contributed by atoms with van der Waals surface area (Å²) in [6, 6.07) is 11.2. The van der Waals surface area contributed by atoms with E-state index in [1.54, 1.807) is 0 Å². The number of nitrogens with zero attached hydrogens (tertiary/aromatic N) is 4. The van der Waals surface area contributed by atoms with E-state index in [-0.39, 0.29) is 0 Å². The number of aromatic amines is 1. The Kier molecular flexibility index (Phi) is 3.16. The Morgan fingerprint density at radius 3 is 3.00 bits per heavy atom. The third kappa shape index (κ3) is 2.74. The lowest BCUT2D eigenvalue weighted by atomic mass is 10.2. The van der Waals surface area contributed by atoms with Crippen LogP contribution in [-0.2, 0) is 6.54 Å². The topological polar surface area (TPSA) is 81.7 Å². The van der Waals surface area contributed by atoms with E-state index in [9.17, 15) is 0 Å². The number of H-pyrrole nitrogens is 1. The molecular weight excluding hydrogens is 266 g/mol. The van der Waals surface area contributed by atoms with Crippen LogP contribution in [-0.4, -0.2) is 20.6 Å². The van der Waals surface area contributed by atoms with Crippen LogP contribution >= 0.6 is 11.6 Å². The van der Waals surface area contributed by atoms with Crippen LogP contribution in [0.5, 0.6) is 0 Å². The fraction of sp³-hybridized carbons (Fsp3) is 0.0833. The van der Waals surface area contributed by atoms with Gasteiger partial charge in [-0.15, -0.1) is 5.21 Å². The largest absolute Gasteiger partial charge is 0.461 e. The van der Waals surface area contributed by atoms with Gasteiger partial charge in [-0.05, 0) is 24.3 Å². The molecule has 0 aliphatic carbocycles. The van der Waals surface area contributed by atoms with Gasteiger partial charge >= 0.3 is 0 Å². The molecule has 0 unspecified atom stereocenters. The molecule has 0 aliphatic rings. The van der Waals surface area contributed by atoms with Crippen molar-refractivity contribution in [3.63, 3.8) is 0 Å². The monoisotopic (exact) mass is 274 g/mol. The maximum atomic E-state index is 5.94. The number of hydrogen-bond acceptors (Lipinski definition) is 4. The van der Waals surface area contributed by atoms with E-state index < -0.39 is 0 Å². The zero-order valence-corrected chi connectivity index (χ0v) is 10.5. The number of halogens is 1. The number of rotatable bonds is 4. The molecule has 1 aromatic carbocycles. The molecule has 1 N–H and O–H groups in total. The second kappa shape index (κ2) is 5.11. The highest BCUT2D eigenvalue weighted by Crippen LogP contribution is 2.26. The molecule has 0 atom stereocenters. The maximum Gasteiger partial charge on any atom is 0.134 e. The number of hydrogen-bond donors (Lipinski definition) is 1. The van der Waals surface area contributed by atoms with Crippen molar-refractivity contribution in [2.45, 2.75) is 6.54 Å². The third-order valence-corrected chi connectivity index (χ3v) is 2.72. The molecule has 0 aliphatic heterocycles. The molecule has 0 bridgehead atoms. The Balaban J connectivity index is 1.72. The summed E-state index contributed by atoms with van der Waals surface area (Å²) in [7, 11) is 0. The molecule has 0 radical (unpaired) electrons. The minimum absolute atomic E-state index is 0.306. The highest BCUT2D eigenvalue weighted by molar-refractivity contribution is 6.30. The summed E-state index contributed by atoms with van der Waals surface area (Å²) >= 11 is 5.94. The maximum absolute atomic E-state index is 5.94. The van der Waals surface area contributed by atoms with Crippen molar-refractivity contribution in [2.75, 3.05) is 0 Å². The Bertz CT molecular complexity index is 664. The highest BCUT2D eigenvalue weighted by Gasteiger charge is 2.04. The van der Waals surface area contributed by atoms with Crippen LogP contribution in [0.1, 0.15) is 5.76 Å². The van der Waals surface area contributed by atoms with Crippen molar-refractivity contribution in [2.24, 2.45) is 0 Å². The summed E-state index contributed by atoms with van der Waals surface area (Å²) in [5.41, 5.74) is 0.929. The zero-order chi connectivity index (χ0) is 13.1. The molecule has 6 nitrogen and oxygen atoms in total. The SMILES string of the molecule is Clc1cccc(-c2ccc(C[N-]c3nn[nH]n3)o2)c1. The van der Waals surface area contributed by atoms with Gasteiger partial charge in [0.15, 0.2) is 0 Å². The van der Waals surface area contributed by atoms with Crippen molar-refractivity contribution >= 4 is 17.5 Å². The lowest BCUT2D eigenvalue weighted by Crippen LogP contribution is -1.79. The quantitative estimate of drug-likeness (QED) is 0.791. The summed E-state index contributed by atoms with van der Waals surface area (Å²) in [5, 5.41) is 18.0. The molecule has 96 valence electrons. The smallest absolute Gasteiger partial charge is 0.134 e. The van der Waals surface area contributed by atoms with Gasteiger partial charge in [-0.25, -0.2) is 0 Å². The predicted molar refractivity (Wildman–Crippen MR) is 70.1 cm³/mol. The van der Waals surface area contributed by atoms with E-state index in [0.717, 1.165) is 17.1 Å². The van der Waals surface area contributed by atoms with Gasteiger partial charge in [0.05, 0.1) is 5.95 Å². The van der Waals surface area contributed by atoms with Gasteiger partial charge in [-0.3, -0.25) is 15.4 Å². The van der Waals surface area contributed by atoms with Crippen molar-refractivity contribution in [3.8, 4) is 11.3 Å². The Morgan fingerprint density at radius 1 is 1.26 bits per heavy atom. The van der Waals surface area contributed by atoms with Crippen LogP contribution in [0.3, 0.4) is 0 Å². The first kappa shape index (κ1) is 11.7. The second-order valence-electron chi connectivity index (χ2n) is 3.80. The fourth-order valence-electron chi connectivity index (χ4n) is 1.63. The van der Waals surface area contributed by atoms with Crippen LogP contribution in [0.15, 0.2) is 40.8 Å². The Hall–Kier alpha value is -2.34. The van der Waals surface area contributed by atoms with E-state index in [0.29, 0.717) is 17.5 Å². The summed E-state index contributed by atoms with van der Waals surface area (Å²) in [6.45, 7) is 0.361. The second-order valence-corrected chi connectivity index (χ2v) is 4.24. The molecule has 0 amide bonds. The van der Waals surface area contributed by atoms with Crippen LogP contribution in [0.2, 0.25) is 5.02 Å². The predicted octanol–water partition coefficient (Wildman–Crippen LogP) is 3.32. The van der Waals surface area contributed by atoms with Crippen LogP contribution in [0.25, 0.3) is 16.6 Å². The van der Waals surface area contributed by atoms with Crippen LogP contribution in [0, 0.1) is 0 Å². The number of furan rings is 1. The van der Waals surface area contributed by atoms with Gasteiger partial charge in [0, 0.05) is 17.1 Å². The van der Waals surface area contributed by atoms with Gasteiger partial charge in [-0.1, -0.05) is 23.7 Å². The molecule has 3 rings (SSSR count). The molecule has 0 saturated heterocycles. The Labute approximate surface area is 113 Å². The van der Waals surface area contributed by atoms with E-state index in [1.807, 2.05) is 36.4 Å².